The van der Waals surface area contributed by atoms with E-state index in [1.54, 1.807) is 0 Å². The molecule has 1 aliphatic carbocycles. The second-order valence-electron chi connectivity index (χ2n) is 7.56. The quantitative estimate of drug-likeness (QED) is 0.864. The molecule has 1 aromatic rings. The zero-order valence-electron chi connectivity index (χ0n) is 14.0. The molecule has 1 heterocycles. The van der Waals surface area contributed by atoms with Gasteiger partial charge < -0.3 is 14.7 Å². The molecule has 2 aliphatic rings. The van der Waals surface area contributed by atoms with Crippen molar-refractivity contribution in [2.75, 3.05) is 26.2 Å². The van der Waals surface area contributed by atoms with Gasteiger partial charge in [-0.25, -0.2) is 0 Å². The molecule has 0 saturated carbocycles. The van der Waals surface area contributed by atoms with Gasteiger partial charge in [-0.3, -0.25) is 0 Å². The zero-order valence-corrected chi connectivity index (χ0v) is 14.0. The fourth-order valence-corrected chi connectivity index (χ4v) is 4.31. The number of rotatable bonds is 5. The lowest BCUT2D eigenvalue weighted by Crippen LogP contribution is -3.15. The van der Waals surface area contributed by atoms with Crippen LogP contribution in [0.5, 0.6) is 5.75 Å². The Kier molecular flexibility index (Phi) is 5.04. The van der Waals surface area contributed by atoms with E-state index in [1.807, 2.05) is 0 Å². The molecule has 0 aromatic heterocycles. The summed E-state index contributed by atoms with van der Waals surface area (Å²) < 4.78 is 5.82. The van der Waals surface area contributed by atoms with Gasteiger partial charge in [-0.05, 0) is 48.9 Å². The van der Waals surface area contributed by atoms with Crippen LogP contribution in [-0.2, 0) is 12.8 Å². The largest absolute Gasteiger partial charge is 0.491 e. The highest BCUT2D eigenvalue weighted by atomic mass is 16.5. The number of aryl methyl sites for hydroxylation is 2. The number of aliphatic hydroxyl groups is 1. The third-order valence-corrected chi connectivity index (χ3v) is 5.12. The smallest absolute Gasteiger partial charge is 0.137 e. The van der Waals surface area contributed by atoms with Crippen LogP contribution in [0.4, 0.5) is 0 Å². The van der Waals surface area contributed by atoms with Gasteiger partial charge in [0, 0.05) is 11.8 Å². The molecular weight excluding hydrogens is 274 g/mol. The molecule has 0 unspecified atom stereocenters. The van der Waals surface area contributed by atoms with Crippen LogP contribution >= 0.6 is 0 Å². The van der Waals surface area contributed by atoms with Gasteiger partial charge in [-0.15, -0.1) is 0 Å². The van der Waals surface area contributed by atoms with Crippen LogP contribution in [0.3, 0.4) is 0 Å². The molecule has 1 saturated heterocycles. The van der Waals surface area contributed by atoms with Crippen molar-refractivity contribution in [1.82, 2.24) is 0 Å². The Hall–Kier alpha value is -1.06. The van der Waals surface area contributed by atoms with Crippen molar-refractivity contribution in [2.24, 2.45) is 11.8 Å². The lowest BCUT2D eigenvalue weighted by molar-refractivity contribution is -0.915. The maximum Gasteiger partial charge on any atom is 0.137 e. The molecule has 3 atom stereocenters. The zero-order chi connectivity index (χ0) is 15.5. The Morgan fingerprint density at radius 1 is 1.18 bits per heavy atom. The summed E-state index contributed by atoms with van der Waals surface area (Å²) in [6.45, 7) is 8.22. The van der Waals surface area contributed by atoms with E-state index in [0.717, 1.165) is 24.1 Å². The van der Waals surface area contributed by atoms with Crippen LogP contribution in [0.15, 0.2) is 18.2 Å². The average Bonchev–Trinajstić information content (AvgIpc) is 2.91. The molecule has 122 valence electrons. The van der Waals surface area contributed by atoms with Crippen molar-refractivity contribution in [3.63, 3.8) is 0 Å². The molecule has 1 aromatic carbocycles. The molecule has 3 heteroatoms. The van der Waals surface area contributed by atoms with E-state index >= 15 is 0 Å². The third kappa shape index (κ3) is 4.02. The number of likely N-dealkylation sites (tertiary alicyclic amines) is 1. The van der Waals surface area contributed by atoms with E-state index in [4.69, 9.17) is 4.74 Å². The van der Waals surface area contributed by atoms with Crippen molar-refractivity contribution in [1.29, 1.82) is 0 Å². The molecule has 1 fully saturated rings. The van der Waals surface area contributed by atoms with Crippen LogP contribution in [0.1, 0.15) is 37.8 Å². The first-order valence-electron chi connectivity index (χ1n) is 8.86. The lowest BCUT2D eigenvalue weighted by Gasteiger charge is -2.33. The van der Waals surface area contributed by atoms with Crippen molar-refractivity contribution in [2.45, 2.75) is 45.6 Å². The summed E-state index contributed by atoms with van der Waals surface area (Å²) in [7, 11) is 0. The van der Waals surface area contributed by atoms with E-state index in [-0.39, 0.29) is 6.10 Å². The van der Waals surface area contributed by atoms with Gasteiger partial charge in [0.15, 0.2) is 0 Å². The van der Waals surface area contributed by atoms with Gasteiger partial charge >= 0.3 is 0 Å². The van der Waals surface area contributed by atoms with Gasteiger partial charge in [-0.1, -0.05) is 19.9 Å². The monoisotopic (exact) mass is 304 g/mol. The molecule has 3 rings (SSSR count). The Morgan fingerprint density at radius 3 is 2.68 bits per heavy atom. The first-order valence-corrected chi connectivity index (χ1v) is 8.86. The SMILES string of the molecule is C[C@@H]1C[C@@H](C)C[NH+](C[C@H](O)COc2ccc3c(c2)CCC3)C1. The number of piperidine rings is 1. The third-order valence-electron chi connectivity index (χ3n) is 5.12. The molecule has 1 aliphatic heterocycles. The maximum atomic E-state index is 10.3. The number of fused-ring (bicyclic) bond motifs is 1. The van der Waals surface area contributed by atoms with Crippen LogP contribution in [0, 0.1) is 11.8 Å². The number of nitrogens with one attached hydrogen (secondary N) is 1. The molecule has 3 nitrogen and oxygen atoms in total. The topological polar surface area (TPSA) is 33.9 Å². The summed E-state index contributed by atoms with van der Waals surface area (Å²) in [5.74, 6) is 2.45. The molecule has 0 spiro atoms. The minimum atomic E-state index is -0.374. The van der Waals surface area contributed by atoms with E-state index in [9.17, 15) is 5.11 Å². The number of quaternary nitrogens is 1. The number of hydrogen-bond acceptors (Lipinski definition) is 2. The second kappa shape index (κ2) is 7.01. The van der Waals surface area contributed by atoms with E-state index in [2.05, 4.69) is 32.0 Å². The summed E-state index contributed by atoms with van der Waals surface area (Å²) in [4.78, 5) is 1.52. The molecule has 0 amide bonds. The maximum absolute atomic E-state index is 10.3. The summed E-state index contributed by atoms with van der Waals surface area (Å²) >= 11 is 0. The standard InChI is InChI=1S/C19H29NO2/c1-14-8-15(2)11-20(10-14)12-18(21)13-22-19-7-6-16-4-3-5-17(16)9-19/h6-7,9,14-15,18,21H,3-5,8,10-13H2,1-2H3/p+1/t14-,15-,18+/m1/s1. The average molecular weight is 304 g/mol. The lowest BCUT2D eigenvalue weighted by atomic mass is 9.92. The summed E-state index contributed by atoms with van der Waals surface area (Å²) in [5.41, 5.74) is 2.89. The summed E-state index contributed by atoms with van der Waals surface area (Å²) in [5, 5.41) is 10.3. The second-order valence-corrected chi connectivity index (χ2v) is 7.56. The van der Waals surface area contributed by atoms with Gasteiger partial charge in [-0.2, -0.15) is 0 Å². The van der Waals surface area contributed by atoms with Gasteiger partial charge in [0.25, 0.3) is 0 Å². The Bertz CT molecular complexity index is 492. The number of ether oxygens (including phenoxy) is 1. The predicted molar refractivity (Wildman–Crippen MR) is 88.5 cm³/mol. The molecule has 0 radical (unpaired) electrons. The van der Waals surface area contributed by atoms with E-state index in [0.29, 0.717) is 6.61 Å². The Morgan fingerprint density at radius 2 is 1.91 bits per heavy atom. The van der Waals surface area contributed by atoms with Gasteiger partial charge in [0.1, 0.15) is 25.0 Å². The molecule has 0 bridgehead atoms. The van der Waals surface area contributed by atoms with Crippen molar-refractivity contribution >= 4 is 0 Å². The normalized spacial score (nSPS) is 29.1. The van der Waals surface area contributed by atoms with Crippen LogP contribution in [-0.4, -0.2) is 37.5 Å². The number of hydrogen-bond donors (Lipinski definition) is 2. The highest BCUT2D eigenvalue weighted by molar-refractivity contribution is 5.38. The molecular formula is C19H30NO2+. The molecule has 2 N–H and O–H groups in total. The van der Waals surface area contributed by atoms with Crippen LogP contribution in [0.25, 0.3) is 0 Å². The van der Waals surface area contributed by atoms with Gasteiger partial charge in [0.2, 0.25) is 0 Å². The first kappa shape index (κ1) is 15.8. The van der Waals surface area contributed by atoms with Crippen molar-refractivity contribution < 1.29 is 14.7 Å². The Labute approximate surface area is 134 Å². The Balaban J connectivity index is 1.47. The van der Waals surface area contributed by atoms with Crippen LogP contribution in [0.2, 0.25) is 0 Å². The highest BCUT2D eigenvalue weighted by Crippen LogP contribution is 2.26. The minimum Gasteiger partial charge on any atom is -0.491 e. The van der Waals surface area contributed by atoms with Gasteiger partial charge in [0.05, 0.1) is 13.1 Å². The fraction of sp³-hybridized carbons (Fsp3) is 0.684. The number of benzene rings is 1. The van der Waals surface area contributed by atoms with E-state index < -0.39 is 0 Å². The summed E-state index contributed by atoms with van der Waals surface area (Å²) in [6.07, 6.45) is 4.58. The predicted octanol–water partition coefficient (Wildman–Crippen LogP) is 1.48. The van der Waals surface area contributed by atoms with Crippen molar-refractivity contribution in [3.05, 3.63) is 29.3 Å². The number of aliphatic hydroxyl groups excluding tert-OH is 1. The summed E-state index contributed by atoms with van der Waals surface area (Å²) in [6, 6.07) is 6.39. The molecule has 22 heavy (non-hydrogen) atoms. The fourth-order valence-electron chi connectivity index (χ4n) is 4.31. The van der Waals surface area contributed by atoms with Crippen LogP contribution < -0.4 is 9.64 Å². The minimum absolute atomic E-state index is 0.374. The van der Waals surface area contributed by atoms with Crippen molar-refractivity contribution in [3.8, 4) is 5.75 Å². The first-order chi connectivity index (χ1) is 10.6. The highest BCUT2D eigenvalue weighted by Gasteiger charge is 2.26. The van der Waals surface area contributed by atoms with E-state index in [1.165, 1.54) is 54.8 Å².